The van der Waals surface area contributed by atoms with Gasteiger partial charge in [-0.2, -0.15) is 4.31 Å². The lowest BCUT2D eigenvalue weighted by Gasteiger charge is -2.31. The molecular formula is C16H23FN2O3S. The van der Waals surface area contributed by atoms with E-state index >= 15 is 0 Å². The molecule has 0 radical (unpaired) electrons. The van der Waals surface area contributed by atoms with Crippen LogP contribution in [0.25, 0.3) is 0 Å². The van der Waals surface area contributed by atoms with Crippen LogP contribution in [0, 0.1) is 5.82 Å². The van der Waals surface area contributed by atoms with Crippen LogP contribution < -0.4 is 5.32 Å². The molecule has 0 saturated heterocycles. The van der Waals surface area contributed by atoms with Crippen LogP contribution in [0.15, 0.2) is 24.3 Å². The molecule has 5 nitrogen and oxygen atoms in total. The molecule has 1 aliphatic carbocycles. The fraction of sp³-hybridized carbons (Fsp3) is 0.562. The van der Waals surface area contributed by atoms with Crippen molar-refractivity contribution in [3.63, 3.8) is 0 Å². The number of benzene rings is 1. The number of hydrogen-bond acceptors (Lipinski definition) is 3. The second-order valence-corrected chi connectivity index (χ2v) is 7.94. The van der Waals surface area contributed by atoms with Crippen LogP contribution in [-0.2, 0) is 21.4 Å². The van der Waals surface area contributed by atoms with Gasteiger partial charge in [0.05, 0.1) is 12.8 Å². The third-order valence-corrected chi connectivity index (χ3v) is 5.39. The Labute approximate surface area is 136 Å². The molecule has 0 bridgehead atoms. The summed E-state index contributed by atoms with van der Waals surface area (Å²) in [6, 6.07) is 5.74. The van der Waals surface area contributed by atoms with Crippen LogP contribution in [0.4, 0.5) is 4.39 Å². The average molecular weight is 342 g/mol. The van der Waals surface area contributed by atoms with Gasteiger partial charge in [0, 0.05) is 12.6 Å². The molecule has 0 spiro atoms. The largest absolute Gasteiger partial charge is 0.351 e. The summed E-state index contributed by atoms with van der Waals surface area (Å²) >= 11 is 0. The maximum Gasteiger partial charge on any atom is 0.235 e. The number of sulfonamides is 1. The number of nitrogens with one attached hydrogen (secondary N) is 1. The van der Waals surface area contributed by atoms with E-state index in [0.717, 1.165) is 43.9 Å². The second kappa shape index (κ2) is 7.88. The van der Waals surface area contributed by atoms with Gasteiger partial charge in [-0.3, -0.25) is 4.79 Å². The van der Waals surface area contributed by atoms with Gasteiger partial charge in [0.2, 0.25) is 15.9 Å². The molecule has 2 rings (SSSR count). The topological polar surface area (TPSA) is 66.5 Å². The lowest BCUT2D eigenvalue weighted by Crippen LogP contribution is -2.46. The molecular weight excluding hydrogens is 319 g/mol. The number of carbonyl (C=O) groups excluding carboxylic acids is 1. The maximum absolute atomic E-state index is 12.8. The van der Waals surface area contributed by atoms with Crippen molar-refractivity contribution < 1.29 is 17.6 Å². The maximum atomic E-state index is 12.8. The molecule has 0 heterocycles. The van der Waals surface area contributed by atoms with Crippen LogP contribution in [0.3, 0.4) is 0 Å². The molecule has 1 aromatic carbocycles. The van der Waals surface area contributed by atoms with Crippen LogP contribution >= 0.6 is 0 Å². The number of hydrogen-bond donors (Lipinski definition) is 1. The number of carbonyl (C=O) groups is 1. The summed E-state index contributed by atoms with van der Waals surface area (Å²) in [5.74, 6) is -0.675. The highest BCUT2D eigenvalue weighted by Crippen LogP contribution is 2.24. The van der Waals surface area contributed by atoms with E-state index in [1.165, 1.54) is 16.4 Å². The zero-order valence-electron chi connectivity index (χ0n) is 13.3. The van der Waals surface area contributed by atoms with E-state index in [9.17, 15) is 17.6 Å². The Morgan fingerprint density at radius 1 is 1.22 bits per heavy atom. The molecule has 1 amide bonds. The average Bonchev–Trinajstić information content (AvgIpc) is 2.52. The van der Waals surface area contributed by atoms with Crippen molar-refractivity contribution in [2.75, 3.05) is 12.8 Å². The third kappa shape index (κ3) is 5.58. The summed E-state index contributed by atoms with van der Waals surface area (Å²) in [7, 11) is -3.43. The highest BCUT2D eigenvalue weighted by Gasteiger charge is 2.29. The third-order valence-electron chi connectivity index (χ3n) is 4.11. The van der Waals surface area contributed by atoms with Gasteiger partial charge < -0.3 is 5.32 Å². The Balaban J connectivity index is 1.93. The van der Waals surface area contributed by atoms with Gasteiger partial charge in [0.15, 0.2) is 0 Å². The van der Waals surface area contributed by atoms with Crippen molar-refractivity contribution in [3.8, 4) is 0 Å². The van der Waals surface area contributed by atoms with E-state index < -0.39 is 10.0 Å². The standard InChI is InChI=1S/C16H23FN2O3S/c1-23(21,22)19(15-5-3-2-4-6-15)12-16(20)18-11-13-7-9-14(17)10-8-13/h7-10,15H,2-6,11-12H2,1H3,(H,18,20). The van der Waals surface area contributed by atoms with E-state index in [-0.39, 0.29) is 30.9 Å². The summed E-state index contributed by atoms with van der Waals surface area (Å²) in [5.41, 5.74) is 0.767. The molecule has 1 aromatic rings. The summed E-state index contributed by atoms with van der Waals surface area (Å²) in [6.07, 6.45) is 5.86. The van der Waals surface area contributed by atoms with Crippen molar-refractivity contribution in [3.05, 3.63) is 35.6 Å². The first-order valence-electron chi connectivity index (χ1n) is 7.84. The predicted molar refractivity (Wildman–Crippen MR) is 86.7 cm³/mol. The predicted octanol–water partition coefficient (Wildman–Crippen LogP) is 2.04. The Hall–Kier alpha value is -1.47. The first-order chi connectivity index (χ1) is 10.9. The molecule has 7 heteroatoms. The molecule has 1 fully saturated rings. The van der Waals surface area contributed by atoms with Gasteiger partial charge in [0.1, 0.15) is 5.82 Å². The highest BCUT2D eigenvalue weighted by molar-refractivity contribution is 7.88. The Morgan fingerprint density at radius 3 is 2.39 bits per heavy atom. The van der Waals surface area contributed by atoms with Crippen LogP contribution in [0.1, 0.15) is 37.7 Å². The number of halogens is 1. The monoisotopic (exact) mass is 342 g/mol. The summed E-state index contributed by atoms with van der Waals surface area (Å²) in [6.45, 7) is 0.0894. The molecule has 128 valence electrons. The van der Waals surface area contributed by atoms with E-state index in [2.05, 4.69) is 5.32 Å². The minimum atomic E-state index is -3.43. The fourth-order valence-electron chi connectivity index (χ4n) is 2.89. The normalized spacial score (nSPS) is 16.5. The van der Waals surface area contributed by atoms with Gasteiger partial charge in [0.25, 0.3) is 0 Å². The van der Waals surface area contributed by atoms with Crippen molar-refractivity contribution >= 4 is 15.9 Å². The first-order valence-corrected chi connectivity index (χ1v) is 9.69. The smallest absolute Gasteiger partial charge is 0.235 e. The Kier molecular flexibility index (Phi) is 6.12. The van der Waals surface area contributed by atoms with Gasteiger partial charge in [-0.25, -0.2) is 12.8 Å². The zero-order chi connectivity index (χ0) is 16.9. The molecule has 1 saturated carbocycles. The van der Waals surface area contributed by atoms with Crippen LogP contribution in [-0.4, -0.2) is 37.5 Å². The fourth-order valence-corrected chi connectivity index (χ4v) is 3.99. The van der Waals surface area contributed by atoms with E-state index in [0.29, 0.717) is 0 Å². The van der Waals surface area contributed by atoms with E-state index in [1.807, 2.05) is 0 Å². The lowest BCUT2D eigenvalue weighted by atomic mass is 9.95. The number of rotatable bonds is 6. The molecule has 1 aliphatic rings. The van der Waals surface area contributed by atoms with Gasteiger partial charge in [-0.05, 0) is 30.5 Å². The Morgan fingerprint density at radius 2 is 1.83 bits per heavy atom. The van der Waals surface area contributed by atoms with E-state index in [1.54, 1.807) is 12.1 Å². The summed E-state index contributed by atoms with van der Waals surface area (Å²) in [5, 5.41) is 2.69. The number of nitrogens with zero attached hydrogens (tertiary/aromatic N) is 1. The first kappa shape index (κ1) is 17.9. The quantitative estimate of drug-likeness (QED) is 0.860. The Bertz CT molecular complexity index is 625. The zero-order valence-corrected chi connectivity index (χ0v) is 14.1. The molecule has 1 N–H and O–H groups in total. The van der Waals surface area contributed by atoms with Gasteiger partial charge in [-0.1, -0.05) is 31.4 Å². The SMILES string of the molecule is CS(=O)(=O)N(CC(=O)NCc1ccc(F)cc1)C1CCCCC1. The molecule has 23 heavy (non-hydrogen) atoms. The van der Waals surface area contributed by atoms with Crippen molar-refractivity contribution in [2.45, 2.75) is 44.7 Å². The van der Waals surface area contributed by atoms with Crippen LogP contribution in [0.2, 0.25) is 0 Å². The summed E-state index contributed by atoms with van der Waals surface area (Å²) in [4.78, 5) is 12.1. The van der Waals surface area contributed by atoms with Gasteiger partial charge >= 0.3 is 0 Å². The van der Waals surface area contributed by atoms with E-state index in [4.69, 9.17) is 0 Å². The van der Waals surface area contributed by atoms with Crippen LogP contribution in [0.5, 0.6) is 0 Å². The number of amides is 1. The lowest BCUT2D eigenvalue weighted by molar-refractivity contribution is -0.121. The second-order valence-electron chi connectivity index (χ2n) is 6.00. The minimum absolute atomic E-state index is 0.0877. The summed E-state index contributed by atoms with van der Waals surface area (Å²) < 4.78 is 38.1. The molecule has 0 aromatic heterocycles. The molecule has 0 atom stereocenters. The highest BCUT2D eigenvalue weighted by atomic mass is 32.2. The van der Waals surface area contributed by atoms with Crippen molar-refractivity contribution in [2.24, 2.45) is 0 Å². The van der Waals surface area contributed by atoms with Crippen molar-refractivity contribution in [1.29, 1.82) is 0 Å². The molecule has 0 aliphatic heterocycles. The minimum Gasteiger partial charge on any atom is -0.351 e. The van der Waals surface area contributed by atoms with Crippen molar-refractivity contribution in [1.82, 2.24) is 9.62 Å². The van der Waals surface area contributed by atoms with Gasteiger partial charge in [-0.15, -0.1) is 0 Å². The molecule has 0 unspecified atom stereocenters.